The molecule has 0 aliphatic heterocycles. The van der Waals surface area contributed by atoms with Gasteiger partial charge in [-0.1, -0.05) is 20.3 Å². The van der Waals surface area contributed by atoms with Crippen molar-refractivity contribution in [1.29, 1.82) is 0 Å². The van der Waals surface area contributed by atoms with Crippen LogP contribution in [0.1, 0.15) is 50.9 Å². The summed E-state index contributed by atoms with van der Waals surface area (Å²) < 4.78 is 0. The molecule has 2 atom stereocenters. The largest absolute Gasteiger partial charge is 0.373 e. The van der Waals surface area contributed by atoms with Crippen molar-refractivity contribution in [3.05, 3.63) is 11.4 Å². The Morgan fingerprint density at radius 2 is 1.89 bits per heavy atom. The van der Waals surface area contributed by atoms with Crippen molar-refractivity contribution in [2.45, 2.75) is 58.9 Å². The molecule has 1 aromatic rings. The van der Waals surface area contributed by atoms with Gasteiger partial charge in [-0.25, -0.2) is 9.97 Å². The van der Waals surface area contributed by atoms with Crippen LogP contribution in [0, 0.1) is 12.8 Å². The first-order valence-electron chi connectivity index (χ1n) is 7.51. The van der Waals surface area contributed by atoms with Crippen LogP contribution in [0.2, 0.25) is 0 Å². The van der Waals surface area contributed by atoms with Crippen LogP contribution in [-0.2, 0) is 6.42 Å². The molecule has 1 aromatic heterocycles. The van der Waals surface area contributed by atoms with Gasteiger partial charge in [0.2, 0.25) is 0 Å². The number of nitrogens with zero attached hydrogens (tertiary/aromatic N) is 2. The lowest BCUT2D eigenvalue weighted by atomic mass is 10.2. The number of hydrogen-bond acceptors (Lipinski definition) is 4. The number of aromatic nitrogens is 2. The highest BCUT2D eigenvalue weighted by Gasteiger charge is 2.36. The zero-order valence-electron chi connectivity index (χ0n) is 12.6. The predicted octanol–water partition coefficient (Wildman–Crippen LogP) is 3.38. The van der Waals surface area contributed by atoms with E-state index >= 15 is 0 Å². The first kappa shape index (κ1) is 14.1. The lowest BCUT2D eigenvalue weighted by molar-refractivity contribution is 0.691. The molecule has 0 spiro atoms. The lowest BCUT2D eigenvalue weighted by Crippen LogP contribution is -2.12. The van der Waals surface area contributed by atoms with E-state index in [4.69, 9.17) is 0 Å². The number of anilines is 2. The summed E-state index contributed by atoms with van der Waals surface area (Å²) in [5.74, 6) is 3.75. The van der Waals surface area contributed by atoms with Gasteiger partial charge in [0.05, 0.1) is 0 Å². The fourth-order valence-electron chi connectivity index (χ4n) is 2.57. The van der Waals surface area contributed by atoms with Crippen LogP contribution in [0.3, 0.4) is 0 Å². The summed E-state index contributed by atoms with van der Waals surface area (Å²) >= 11 is 0. The molecule has 4 heteroatoms. The Hall–Kier alpha value is -1.32. The van der Waals surface area contributed by atoms with Crippen LogP contribution >= 0.6 is 0 Å². The monoisotopic (exact) mass is 262 g/mol. The molecule has 0 amide bonds. The van der Waals surface area contributed by atoms with Crippen LogP contribution in [0.25, 0.3) is 0 Å². The Morgan fingerprint density at radius 3 is 2.53 bits per heavy atom. The van der Waals surface area contributed by atoms with E-state index in [1.807, 2.05) is 7.05 Å². The fraction of sp³-hybridized carbons (Fsp3) is 0.733. The summed E-state index contributed by atoms with van der Waals surface area (Å²) in [6.07, 6.45) is 5.90. The predicted molar refractivity (Wildman–Crippen MR) is 80.7 cm³/mol. The van der Waals surface area contributed by atoms with Gasteiger partial charge in [-0.15, -0.1) is 0 Å². The topological polar surface area (TPSA) is 49.8 Å². The molecule has 4 nitrogen and oxygen atoms in total. The average molecular weight is 262 g/mol. The van der Waals surface area contributed by atoms with Gasteiger partial charge in [0.25, 0.3) is 0 Å². The van der Waals surface area contributed by atoms with Crippen LogP contribution in [-0.4, -0.2) is 23.1 Å². The summed E-state index contributed by atoms with van der Waals surface area (Å²) in [7, 11) is 1.92. The van der Waals surface area contributed by atoms with Crippen LogP contribution in [0.4, 0.5) is 11.6 Å². The molecular weight excluding hydrogens is 236 g/mol. The van der Waals surface area contributed by atoms with Gasteiger partial charge < -0.3 is 10.6 Å². The molecule has 0 radical (unpaired) electrons. The Balaban J connectivity index is 2.12. The van der Waals surface area contributed by atoms with Gasteiger partial charge in [-0.2, -0.15) is 0 Å². The van der Waals surface area contributed by atoms with E-state index in [9.17, 15) is 0 Å². The molecule has 0 bridgehead atoms. The molecule has 2 unspecified atom stereocenters. The van der Waals surface area contributed by atoms with Crippen molar-refractivity contribution >= 4 is 11.6 Å². The van der Waals surface area contributed by atoms with E-state index in [2.05, 4.69) is 41.4 Å². The van der Waals surface area contributed by atoms with Gasteiger partial charge in [0, 0.05) is 25.1 Å². The smallest absolute Gasteiger partial charge is 0.135 e. The Morgan fingerprint density at radius 1 is 1.16 bits per heavy atom. The van der Waals surface area contributed by atoms with Crippen molar-refractivity contribution in [2.75, 3.05) is 17.7 Å². The molecule has 106 valence electrons. The van der Waals surface area contributed by atoms with E-state index < -0.39 is 0 Å². The maximum Gasteiger partial charge on any atom is 0.135 e. The van der Waals surface area contributed by atoms with E-state index in [1.54, 1.807) is 0 Å². The summed E-state index contributed by atoms with van der Waals surface area (Å²) in [5.41, 5.74) is 1.13. The van der Waals surface area contributed by atoms with Gasteiger partial charge in [-0.3, -0.25) is 0 Å². The normalized spacial score (nSPS) is 21.3. The van der Waals surface area contributed by atoms with Crippen molar-refractivity contribution in [3.63, 3.8) is 0 Å². The lowest BCUT2D eigenvalue weighted by Gasteiger charge is -2.13. The molecule has 1 heterocycles. The molecule has 0 saturated heterocycles. The van der Waals surface area contributed by atoms with Gasteiger partial charge in [0.1, 0.15) is 17.5 Å². The van der Waals surface area contributed by atoms with Crippen molar-refractivity contribution in [3.8, 4) is 0 Å². The molecular formula is C15H26N4. The van der Waals surface area contributed by atoms with Crippen LogP contribution in [0.15, 0.2) is 0 Å². The van der Waals surface area contributed by atoms with E-state index in [1.165, 1.54) is 19.3 Å². The van der Waals surface area contributed by atoms with Crippen LogP contribution in [0.5, 0.6) is 0 Å². The minimum Gasteiger partial charge on any atom is -0.373 e. The average Bonchev–Trinajstić information content (AvgIpc) is 3.12. The number of aryl methyl sites for hydroxylation is 1. The van der Waals surface area contributed by atoms with Crippen molar-refractivity contribution in [2.24, 2.45) is 5.92 Å². The molecule has 19 heavy (non-hydrogen) atoms. The number of nitrogens with one attached hydrogen (secondary N) is 2. The van der Waals surface area contributed by atoms with Crippen molar-refractivity contribution < 1.29 is 0 Å². The van der Waals surface area contributed by atoms with E-state index in [-0.39, 0.29) is 0 Å². The highest BCUT2D eigenvalue weighted by Crippen LogP contribution is 2.37. The van der Waals surface area contributed by atoms with Gasteiger partial charge in [-0.05, 0) is 32.1 Å². The number of hydrogen-bond donors (Lipinski definition) is 2. The molecule has 1 aliphatic rings. The highest BCUT2D eigenvalue weighted by molar-refractivity contribution is 5.57. The molecule has 1 aliphatic carbocycles. The third kappa shape index (κ3) is 3.37. The second-order valence-electron chi connectivity index (χ2n) is 5.50. The summed E-state index contributed by atoms with van der Waals surface area (Å²) in [6.45, 7) is 6.50. The number of rotatable bonds is 7. The quantitative estimate of drug-likeness (QED) is 0.791. The van der Waals surface area contributed by atoms with Crippen molar-refractivity contribution in [1.82, 2.24) is 9.97 Å². The standard InChI is InChI=1S/C15H26N4/c1-5-7-11-9-12(11)17-15-10(3)14(16-4)18-13(19-15)8-6-2/h11-12H,5-9H2,1-4H3,(H2,16,17,18,19). The summed E-state index contributed by atoms with van der Waals surface area (Å²) in [6, 6.07) is 0.618. The first-order chi connectivity index (χ1) is 9.19. The molecule has 0 aromatic carbocycles. The third-order valence-corrected chi connectivity index (χ3v) is 3.81. The molecule has 2 rings (SSSR count). The Kier molecular flexibility index (Phi) is 4.61. The first-order valence-corrected chi connectivity index (χ1v) is 7.51. The van der Waals surface area contributed by atoms with Gasteiger partial charge >= 0.3 is 0 Å². The fourth-order valence-corrected chi connectivity index (χ4v) is 2.57. The Labute approximate surface area is 116 Å². The second-order valence-corrected chi connectivity index (χ2v) is 5.50. The second kappa shape index (κ2) is 6.22. The third-order valence-electron chi connectivity index (χ3n) is 3.81. The van der Waals surface area contributed by atoms with E-state index in [0.29, 0.717) is 6.04 Å². The zero-order valence-corrected chi connectivity index (χ0v) is 12.6. The molecule has 2 N–H and O–H groups in total. The van der Waals surface area contributed by atoms with Crippen LogP contribution < -0.4 is 10.6 Å². The minimum atomic E-state index is 0.618. The van der Waals surface area contributed by atoms with Gasteiger partial charge in [0.15, 0.2) is 0 Å². The summed E-state index contributed by atoms with van der Waals surface area (Å²) in [4.78, 5) is 9.25. The molecule has 1 saturated carbocycles. The Bertz CT molecular complexity index is 430. The maximum atomic E-state index is 4.68. The van der Waals surface area contributed by atoms with E-state index in [0.717, 1.165) is 41.8 Å². The maximum absolute atomic E-state index is 4.68. The SMILES string of the molecule is CCCc1nc(NC)c(C)c(NC2CC2CCC)n1. The summed E-state index contributed by atoms with van der Waals surface area (Å²) in [5, 5.41) is 6.77. The zero-order chi connectivity index (χ0) is 13.8. The minimum absolute atomic E-state index is 0.618. The molecule has 1 fully saturated rings. The highest BCUT2D eigenvalue weighted by atomic mass is 15.1.